The van der Waals surface area contributed by atoms with E-state index in [-0.39, 0.29) is 5.69 Å². The van der Waals surface area contributed by atoms with Crippen LogP contribution in [0.25, 0.3) is 21.4 Å². The van der Waals surface area contributed by atoms with Gasteiger partial charge in [-0.2, -0.15) is 0 Å². The molecule has 0 saturated carbocycles. The Kier molecular flexibility index (Phi) is 2.94. The molecule has 0 aliphatic heterocycles. The van der Waals surface area contributed by atoms with Gasteiger partial charge in [0.2, 0.25) is 5.89 Å². The highest BCUT2D eigenvalue weighted by molar-refractivity contribution is 7.15. The molecule has 0 radical (unpaired) electrons. The molecule has 0 saturated heterocycles. The summed E-state index contributed by atoms with van der Waals surface area (Å²) in [5.74, 6) is -0.290. The average Bonchev–Trinajstić information content (AvgIpc) is 3.20. The predicted molar refractivity (Wildman–Crippen MR) is 82.1 cm³/mol. The maximum atomic E-state index is 11.4. The van der Waals surface area contributed by atoms with E-state index in [4.69, 9.17) is 4.42 Å². The molecule has 0 spiro atoms. The molecule has 6 heteroatoms. The molecular weight excluding hydrogens is 306 g/mol. The zero-order valence-electron chi connectivity index (χ0n) is 11.0. The van der Waals surface area contributed by atoms with Crippen LogP contribution < -0.4 is 0 Å². The van der Waals surface area contributed by atoms with Gasteiger partial charge in [0.1, 0.15) is 0 Å². The van der Waals surface area contributed by atoms with Gasteiger partial charge < -0.3 is 9.52 Å². The summed E-state index contributed by atoms with van der Waals surface area (Å²) in [4.78, 5) is 18.7. The molecule has 4 nitrogen and oxygen atoms in total. The predicted octanol–water partition coefficient (Wildman–Crippen LogP) is 4.32. The largest absolute Gasteiger partial charge is 0.476 e. The zero-order chi connectivity index (χ0) is 14.4. The number of aryl methyl sites for hydroxylation is 2. The summed E-state index contributed by atoms with van der Waals surface area (Å²) < 4.78 is 5.77. The van der Waals surface area contributed by atoms with Gasteiger partial charge in [-0.1, -0.05) is 6.07 Å². The highest BCUT2D eigenvalue weighted by Crippen LogP contribution is 2.39. The van der Waals surface area contributed by atoms with Crippen LogP contribution in [0, 0.1) is 0 Å². The minimum absolute atomic E-state index is 0.00155. The van der Waals surface area contributed by atoms with Gasteiger partial charge in [0.15, 0.2) is 11.5 Å². The van der Waals surface area contributed by atoms with E-state index in [0.29, 0.717) is 11.7 Å². The molecule has 1 N–H and O–H groups in total. The summed E-state index contributed by atoms with van der Waals surface area (Å²) in [6.07, 6.45) is 3.33. The Labute approximate surface area is 128 Å². The number of fused-ring (bicyclic) bond motifs is 1. The number of oxazole rings is 1. The number of carboxylic acids is 1. The highest BCUT2D eigenvalue weighted by atomic mass is 32.1. The van der Waals surface area contributed by atoms with E-state index in [1.54, 1.807) is 11.3 Å². The Morgan fingerprint density at radius 3 is 2.95 bits per heavy atom. The van der Waals surface area contributed by atoms with Crippen LogP contribution in [0.15, 0.2) is 28.0 Å². The van der Waals surface area contributed by atoms with Crippen LogP contribution in [0.5, 0.6) is 0 Å². The number of aromatic carboxylic acids is 1. The minimum atomic E-state index is -1.05. The third-order valence-electron chi connectivity index (χ3n) is 3.53. The summed E-state index contributed by atoms with van der Waals surface area (Å²) in [6, 6.07) is 5.82. The van der Waals surface area contributed by atoms with Gasteiger partial charge in [-0.05, 0) is 42.3 Å². The number of hydrogen-bond donors (Lipinski definition) is 1. The standard InChI is InChI=1S/C15H11NO3S2/c17-15(18)12-13(11-7-8-3-1-4-9(8)21-11)19-14(16-12)10-5-2-6-20-10/h2,5-7H,1,3-4H2,(H,17,18). The molecule has 0 unspecified atom stereocenters. The number of nitrogens with zero attached hydrogens (tertiary/aromatic N) is 1. The third kappa shape index (κ3) is 2.11. The second-order valence-electron chi connectivity index (χ2n) is 4.89. The first-order valence-electron chi connectivity index (χ1n) is 6.62. The lowest BCUT2D eigenvalue weighted by Crippen LogP contribution is -1.98. The minimum Gasteiger partial charge on any atom is -0.476 e. The molecule has 1 aliphatic carbocycles. The van der Waals surface area contributed by atoms with Crippen LogP contribution in [0.4, 0.5) is 0 Å². The normalized spacial score (nSPS) is 13.5. The van der Waals surface area contributed by atoms with Crippen molar-refractivity contribution >= 4 is 28.6 Å². The van der Waals surface area contributed by atoms with Gasteiger partial charge in [0.05, 0.1) is 9.75 Å². The van der Waals surface area contributed by atoms with Gasteiger partial charge in [-0.25, -0.2) is 9.78 Å². The molecule has 1 aliphatic rings. The monoisotopic (exact) mass is 317 g/mol. The Morgan fingerprint density at radius 2 is 2.24 bits per heavy atom. The fourth-order valence-corrected chi connectivity index (χ4v) is 4.46. The number of carboxylic acid groups (broad SMARTS) is 1. The molecular formula is C15H11NO3S2. The number of aromatic nitrogens is 1. The van der Waals surface area contributed by atoms with Crippen molar-refractivity contribution in [1.82, 2.24) is 4.98 Å². The topological polar surface area (TPSA) is 63.3 Å². The van der Waals surface area contributed by atoms with Crippen molar-refractivity contribution in [2.45, 2.75) is 19.3 Å². The Bertz CT molecular complexity index is 793. The summed E-state index contributed by atoms with van der Waals surface area (Å²) in [5, 5.41) is 11.3. The van der Waals surface area contributed by atoms with Crippen molar-refractivity contribution in [3.05, 3.63) is 39.7 Å². The van der Waals surface area contributed by atoms with E-state index in [9.17, 15) is 9.90 Å². The molecule has 3 aromatic rings. The van der Waals surface area contributed by atoms with E-state index in [2.05, 4.69) is 11.1 Å². The quantitative estimate of drug-likeness (QED) is 0.781. The Hall–Kier alpha value is -1.92. The summed E-state index contributed by atoms with van der Waals surface area (Å²) in [7, 11) is 0. The first-order chi connectivity index (χ1) is 10.2. The second kappa shape index (κ2) is 4.82. The van der Waals surface area contributed by atoms with Gasteiger partial charge in [-0.15, -0.1) is 22.7 Å². The van der Waals surface area contributed by atoms with Crippen molar-refractivity contribution in [2.24, 2.45) is 0 Å². The Balaban J connectivity index is 1.84. The van der Waals surface area contributed by atoms with Crippen LogP contribution in [0.3, 0.4) is 0 Å². The third-order valence-corrected chi connectivity index (χ3v) is 5.63. The summed E-state index contributed by atoms with van der Waals surface area (Å²) in [5.41, 5.74) is 1.32. The molecule has 0 atom stereocenters. The van der Waals surface area contributed by atoms with E-state index in [0.717, 1.165) is 22.6 Å². The van der Waals surface area contributed by atoms with Crippen molar-refractivity contribution in [3.8, 4) is 21.4 Å². The van der Waals surface area contributed by atoms with Gasteiger partial charge in [-0.3, -0.25) is 0 Å². The number of rotatable bonds is 3. The maximum absolute atomic E-state index is 11.4. The molecule has 3 aromatic heterocycles. The number of hydrogen-bond acceptors (Lipinski definition) is 5. The van der Waals surface area contributed by atoms with Crippen molar-refractivity contribution in [3.63, 3.8) is 0 Å². The lowest BCUT2D eigenvalue weighted by atomic mass is 10.2. The van der Waals surface area contributed by atoms with Crippen LogP contribution in [0.1, 0.15) is 27.3 Å². The van der Waals surface area contributed by atoms with E-state index >= 15 is 0 Å². The molecule has 0 aromatic carbocycles. The van der Waals surface area contributed by atoms with Crippen LogP contribution in [-0.2, 0) is 12.8 Å². The van der Waals surface area contributed by atoms with E-state index < -0.39 is 5.97 Å². The summed E-state index contributed by atoms with van der Waals surface area (Å²) in [6.45, 7) is 0. The molecule has 0 fully saturated rings. The summed E-state index contributed by atoms with van der Waals surface area (Å²) >= 11 is 3.11. The molecule has 0 amide bonds. The number of carbonyl (C=O) groups is 1. The first-order valence-corrected chi connectivity index (χ1v) is 8.32. The lowest BCUT2D eigenvalue weighted by Gasteiger charge is -1.93. The molecule has 21 heavy (non-hydrogen) atoms. The molecule has 0 bridgehead atoms. The highest BCUT2D eigenvalue weighted by Gasteiger charge is 2.25. The van der Waals surface area contributed by atoms with Crippen molar-refractivity contribution < 1.29 is 14.3 Å². The van der Waals surface area contributed by atoms with Gasteiger partial charge in [0, 0.05) is 4.88 Å². The first kappa shape index (κ1) is 12.8. The average molecular weight is 317 g/mol. The fourth-order valence-electron chi connectivity index (χ4n) is 2.58. The Morgan fingerprint density at radius 1 is 1.33 bits per heavy atom. The van der Waals surface area contributed by atoms with Crippen LogP contribution in [-0.4, -0.2) is 16.1 Å². The molecule has 4 rings (SSSR count). The van der Waals surface area contributed by atoms with Crippen molar-refractivity contribution in [2.75, 3.05) is 0 Å². The van der Waals surface area contributed by atoms with Crippen LogP contribution in [0.2, 0.25) is 0 Å². The van der Waals surface area contributed by atoms with Crippen molar-refractivity contribution in [1.29, 1.82) is 0 Å². The zero-order valence-corrected chi connectivity index (χ0v) is 12.6. The van der Waals surface area contributed by atoms with E-state index in [1.165, 1.54) is 28.2 Å². The SMILES string of the molecule is O=C(O)c1nc(-c2cccs2)oc1-c1cc2c(s1)CCC2. The number of thiophene rings is 2. The maximum Gasteiger partial charge on any atom is 0.358 e. The van der Waals surface area contributed by atoms with E-state index in [1.807, 2.05) is 17.5 Å². The van der Waals surface area contributed by atoms with Gasteiger partial charge >= 0.3 is 5.97 Å². The van der Waals surface area contributed by atoms with Crippen LogP contribution >= 0.6 is 22.7 Å². The fraction of sp³-hybridized carbons (Fsp3) is 0.200. The smallest absolute Gasteiger partial charge is 0.358 e. The molecule has 3 heterocycles. The second-order valence-corrected chi connectivity index (χ2v) is 6.98. The van der Waals surface area contributed by atoms with Gasteiger partial charge in [0.25, 0.3) is 0 Å². The lowest BCUT2D eigenvalue weighted by molar-refractivity contribution is 0.0691. The molecule has 106 valence electrons.